The zero-order valence-electron chi connectivity index (χ0n) is 12.4. The lowest BCUT2D eigenvalue weighted by Crippen LogP contribution is -2.55. The van der Waals surface area contributed by atoms with E-state index in [0.717, 1.165) is 11.1 Å². The summed E-state index contributed by atoms with van der Waals surface area (Å²) < 4.78 is 0. The Morgan fingerprint density at radius 2 is 1.80 bits per heavy atom. The second-order valence-electron chi connectivity index (χ2n) is 4.92. The molecule has 1 aromatic rings. The molecule has 0 saturated heterocycles. The van der Waals surface area contributed by atoms with Crippen molar-refractivity contribution < 1.29 is 14.7 Å². The van der Waals surface area contributed by atoms with Crippen LogP contribution >= 0.6 is 0 Å². The van der Waals surface area contributed by atoms with Crippen LogP contribution in [0.15, 0.2) is 18.2 Å². The van der Waals surface area contributed by atoms with Crippen LogP contribution in [0.1, 0.15) is 37.8 Å². The van der Waals surface area contributed by atoms with Gasteiger partial charge in [0.05, 0.1) is 0 Å². The second kappa shape index (κ2) is 6.41. The highest BCUT2D eigenvalue weighted by Gasteiger charge is 2.36. The summed E-state index contributed by atoms with van der Waals surface area (Å²) in [7, 11) is 0. The van der Waals surface area contributed by atoms with Gasteiger partial charge in [-0.15, -0.1) is 0 Å². The highest BCUT2D eigenvalue weighted by molar-refractivity contribution is 5.94. The number of nitrogens with one attached hydrogen (secondary N) is 2. The Morgan fingerprint density at radius 3 is 2.30 bits per heavy atom. The number of benzene rings is 1. The van der Waals surface area contributed by atoms with E-state index in [4.69, 9.17) is 0 Å². The molecule has 0 aliphatic carbocycles. The minimum Gasteiger partial charge on any atom is -0.480 e. The summed E-state index contributed by atoms with van der Waals surface area (Å²) in [5.74, 6) is -1.02. The van der Waals surface area contributed by atoms with Crippen molar-refractivity contribution in [2.75, 3.05) is 5.32 Å². The van der Waals surface area contributed by atoms with E-state index in [9.17, 15) is 14.7 Å². The molecule has 0 unspecified atom stereocenters. The van der Waals surface area contributed by atoms with E-state index in [-0.39, 0.29) is 0 Å². The molecular formula is C15H22N2O3. The Morgan fingerprint density at radius 1 is 1.20 bits per heavy atom. The van der Waals surface area contributed by atoms with Crippen LogP contribution in [0.3, 0.4) is 0 Å². The fourth-order valence-corrected chi connectivity index (χ4v) is 2.04. The average Bonchev–Trinajstić information content (AvgIpc) is 2.41. The number of hydrogen-bond acceptors (Lipinski definition) is 2. The van der Waals surface area contributed by atoms with Crippen molar-refractivity contribution in [3.63, 3.8) is 0 Å². The molecule has 1 rings (SSSR count). The molecule has 5 nitrogen and oxygen atoms in total. The van der Waals surface area contributed by atoms with Gasteiger partial charge in [0, 0.05) is 5.69 Å². The number of aryl methyl sites for hydroxylation is 1. The van der Waals surface area contributed by atoms with Crippen LogP contribution in [-0.2, 0) is 4.79 Å². The molecule has 20 heavy (non-hydrogen) atoms. The third kappa shape index (κ3) is 3.29. The number of carboxylic acids is 1. The summed E-state index contributed by atoms with van der Waals surface area (Å²) in [6.45, 7) is 7.36. The number of carbonyl (C=O) groups excluding carboxylic acids is 1. The summed E-state index contributed by atoms with van der Waals surface area (Å²) in [5.41, 5.74) is 1.51. The molecule has 3 N–H and O–H groups in total. The molecule has 1 aromatic carbocycles. The minimum atomic E-state index is -1.22. The number of carboxylic acid groups (broad SMARTS) is 1. The summed E-state index contributed by atoms with van der Waals surface area (Å²) in [5, 5.41) is 14.6. The fourth-order valence-electron chi connectivity index (χ4n) is 2.04. The van der Waals surface area contributed by atoms with Crippen molar-refractivity contribution in [3.8, 4) is 0 Å². The Bertz CT molecular complexity index is 508. The quantitative estimate of drug-likeness (QED) is 0.774. The minimum absolute atomic E-state index is 0.332. The number of aliphatic carboxylic acids is 1. The molecule has 110 valence electrons. The lowest BCUT2D eigenvalue weighted by Gasteiger charge is -2.28. The van der Waals surface area contributed by atoms with Crippen LogP contribution in [0.5, 0.6) is 0 Å². The maximum Gasteiger partial charge on any atom is 0.329 e. The molecule has 2 amide bonds. The number of urea groups is 1. The largest absolute Gasteiger partial charge is 0.480 e. The van der Waals surface area contributed by atoms with E-state index < -0.39 is 17.5 Å². The van der Waals surface area contributed by atoms with E-state index in [0.29, 0.717) is 18.5 Å². The molecule has 0 heterocycles. The molecule has 0 aliphatic rings. The zero-order valence-corrected chi connectivity index (χ0v) is 12.4. The third-order valence-corrected chi connectivity index (χ3v) is 3.82. The van der Waals surface area contributed by atoms with E-state index in [1.54, 1.807) is 19.9 Å². The summed E-state index contributed by atoms with van der Waals surface area (Å²) in [6.07, 6.45) is 0.665. The van der Waals surface area contributed by atoms with Crippen LogP contribution in [-0.4, -0.2) is 22.6 Å². The van der Waals surface area contributed by atoms with E-state index >= 15 is 0 Å². The van der Waals surface area contributed by atoms with Crippen LogP contribution in [0.25, 0.3) is 0 Å². The molecule has 5 heteroatoms. The molecule has 0 aliphatic heterocycles. The number of carbonyl (C=O) groups is 2. The molecule has 0 aromatic heterocycles. The van der Waals surface area contributed by atoms with E-state index in [1.165, 1.54) is 0 Å². The van der Waals surface area contributed by atoms with Gasteiger partial charge in [-0.2, -0.15) is 0 Å². The normalized spacial score (nSPS) is 11.0. The molecule has 0 bridgehead atoms. The Hall–Kier alpha value is -2.04. The molecule has 0 spiro atoms. The first-order chi connectivity index (χ1) is 9.36. The van der Waals surface area contributed by atoms with Gasteiger partial charge < -0.3 is 15.7 Å². The smallest absolute Gasteiger partial charge is 0.329 e. The topological polar surface area (TPSA) is 78.4 Å². The van der Waals surface area contributed by atoms with Gasteiger partial charge in [0.1, 0.15) is 5.54 Å². The van der Waals surface area contributed by atoms with Crippen LogP contribution in [0, 0.1) is 13.8 Å². The third-order valence-electron chi connectivity index (χ3n) is 3.82. The summed E-state index contributed by atoms with van der Waals surface area (Å²) in [6, 6.07) is 5.10. The number of anilines is 1. The van der Waals surface area contributed by atoms with E-state index in [2.05, 4.69) is 10.6 Å². The molecule has 0 fully saturated rings. The van der Waals surface area contributed by atoms with Gasteiger partial charge >= 0.3 is 12.0 Å². The summed E-state index contributed by atoms with van der Waals surface area (Å²) in [4.78, 5) is 23.4. The van der Waals surface area contributed by atoms with Gasteiger partial charge in [-0.1, -0.05) is 26.0 Å². The average molecular weight is 278 g/mol. The van der Waals surface area contributed by atoms with Gasteiger partial charge in [0.25, 0.3) is 0 Å². The van der Waals surface area contributed by atoms with Crippen molar-refractivity contribution >= 4 is 17.7 Å². The lowest BCUT2D eigenvalue weighted by atomic mass is 9.93. The molecule has 0 radical (unpaired) electrons. The Labute approximate surface area is 119 Å². The molecule has 0 atom stereocenters. The van der Waals surface area contributed by atoms with Gasteiger partial charge in [0.15, 0.2) is 0 Å². The second-order valence-corrected chi connectivity index (χ2v) is 4.92. The number of hydrogen-bond donors (Lipinski definition) is 3. The van der Waals surface area contributed by atoms with Crippen molar-refractivity contribution in [1.82, 2.24) is 5.32 Å². The van der Waals surface area contributed by atoms with Crippen LogP contribution in [0.4, 0.5) is 10.5 Å². The van der Waals surface area contributed by atoms with Crippen molar-refractivity contribution in [2.24, 2.45) is 0 Å². The van der Waals surface area contributed by atoms with E-state index in [1.807, 2.05) is 26.0 Å². The standard InChI is InChI=1S/C15H22N2O3/c1-5-15(6-2,13(18)19)17-14(20)16-12-9-7-8-10(3)11(12)4/h7-9H,5-6H2,1-4H3,(H,18,19)(H2,16,17,20). The fraction of sp³-hybridized carbons (Fsp3) is 0.467. The Balaban J connectivity index is 2.86. The summed E-state index contributed by atoms with van der Waals surface area (Å²) >= 11 is 0. The van der Waals surface area contributed by atoms with Gasteiger partial charge in [-0.25, -0.2) is 9.59 Å². The van der Waals surface area contributed by atoms with Crippen LogP contribution in [0.2, 0.25) is 0 Å². The van der Waals surface area contributed by atoms with Crippen LogP contribution < -0.4 is 10.6 Å². The first-order valence-corrected chi connectivity index (χ1v) is 6.75. The predicted octanol–water partition coefficient (Wildman–Crippen LogP) is 3.07. The highest BCUT2D eigenvalue weighted by Crippen LogP contribution is 2.19. The van der Waals surface area contributed by atoms with Gasteiger partial charge in [-0.3, -0.25) is 0 Å². The molecule has 0 saturated carbocycles. The SMILES string of the molecule is CCC(CC)(NC(=O)Nc1cccc(C)c1C)C(=O)O. The van der Waals surface area contributed by atoms with Gasteiger partial charge in [0.2, 0.25) is 0 Å². The molecular weight excluding hydrogens is 256 g/mol. The monoisotopic (exact) mass is 278 g/mol. The number of rotatable bonds is 5. The van der Waals surface area contributed by atoms with Gasteiger partial charge in [-0.05, 0) is 43.9 Å². The Kier molecular flexibility index (Phi) is 5.13. The van der Waals surface area contributed by atoms with Crippen molar-refractivity contribution in [3.05, 3.63) is 29.3 Å². The maximum absolute atomic E-state index is 12.0. The van der Waals surface area contributed by atoms with Crippen molar-refractivity contribution in [2.45, 2.75) is 46.1 Å². The maximum atomic E-state index is 12.0. The highest BCUT2D eigenvalue weighted by atomic mass is 16.4. The zero-order chi connectivity index (χ0) is 15.3. The first kappa shape index (κ1) is 16.0. The lowest BCUT2D eigenvalue weighted by molar-refractivity contribution is -0.144. The predicted molar refractivity (Wildman–Crippen MR) is 79.0 cm³/mol. The number of amides is 2. The van der Waals surface area contributed by atoms with Crippen molar-refractivity contribution in [1.29, 1.82) is 0 Å². The first-order valence-electron chi connectivity index (χ1n) is 6.75.